The van der Waals surface area contributed by atoms with Gasteiger partial charge in [-0.05, 0) is 175 Å². The van der Waals surface area contributed by atoms with Crippen molar-refractivity contribution in [3.05, 3.63) is 167 Å². The Morgan fingerprint density at radius 2 is 1.37 bits per heavy atom. The van der Waals surface area contributed by atoms with Crippen molar-refractivity contribution in [2.24, 2.45) is 5.92 Å². The van der Waals surface area contributed by atoms with Crippen LogP contribution in [0.2, 0.25) is 0 Å². The van der Waals surface area contributed by atoms with Crippen molar-refractivity contribution in [1.82, 2.24) is 40.0 Å². The van der Waals surface area contributed by atoms with E-state index in [1.165, 1.54) is 5.57 Å². The zero-order chi connectivity index (χ0) is 60.7. The molecule has 3 radical (unpaired) electrons. The molecule has 10 rings (SSSR count). The molecule has 2 fully saturated rings. The second-order valence-electron chi connectivity index (χ2n) is 22.1. The molecule has 441 valence electrons. The van der Waals surface area contributed by atoms with Crippen molar-refractivity contribution < 1.29 is 62.0 Å². The fourth-order valence-corrected chi connectivity index (χ4v) is 11.4. The predicted molar refractivity (Wildman–Crippen MR) is 331 cm³/mol. The van der Waals surface area contributed by atoms with E-state index in [9.17, 15) is 19.5 Å². The number of rotatable bonds is 13. The number of ether oxygens (including phenoxy) is 1. The summed E-state index contributed by atoms with van der Waals surface area (Å²) < 4.78 is 7.98. The molecule has 3 aliphatic rings. The first-order chi connectivity index (χ1) is 40.9. The number of carbonyl (C=O) groups excluding carboxylic acids is 3. The Labute approximate surface area is 529 Å². The number of aryl methyl sites for hydroxylation is 1. The third kappa shape index (κ3) is 17.1. The van der Waals surface area contributed by atoms with E-state index in [-0.39, 0.29) is 86.5 Å². The largest absolute Gasteiger partial charge is 0.507 e. The first-order valence-electron chi connectivity index (χ1n) is 28.8. The Balaban J connectivity index is 0.000000268. The summed E-state index contributed by atoms with van der Waals surface area (Å²) in [6.07, 6.45) is 10.1. The Kier molecular flexibility index (Phi) is 23.4. The number of hydrogen-bond donors (Lipinski definition) is 7. The third-order valence-electron chi connectivity index (χ3n) is 15.8. The van der Waals surface area contributed by atoms with Gasteiger partial charge in [-0.3, -0.25) is 15.2 Å². The van der Waals surface area contributed by atoms with Crippen molar-refractivity contribution in [3.63, 3.8) is 0 Å². The van der Waals surface area contributed by atoms with Crippen LogP contribution in [-0.4, -0.2) is 106 Å². The van der Waals surface area contributed by atoms with Gasteiger partial charge in [0.05, 0.1) is 40.3 Å². The molecule has 6 atom stereocenters. The Morgan fingerprint density at radius 3 is 1.94 bits per heavy atom. The quantitative estimate of drug-likeness (QED) is 0.0186. The van der Waals surface area contributed by atoms with E-state index >= 15 is 0 Å². The fraction of sp³-hybridized carbons (Fsp3) is 0.354. The Bertz CT molecular complexity index is 3610. The number of aliphatic hydroxyl groups excluding tert-OH is 1. The number of imidazole rings is 2. The molecule has 0 saturated carbocycles. The molecule has 2 aliphatic heterocycles. The van der Waals surface area contributed by atoms with Gasteiger partial charge in [0.25, 0.3) is 0 Å². The molecule has 1 aliphatic carbocycles. The molecule has 7 N–H and O–H groups in total. The smallest absolute Gasteiger partial charge is 0.425 e. The molecule has 19 nitrogen and oxygen atoms in total. The van der Waals surface area contributed by atoms with Gasteiger partial charge >= 0.3 is 18.2 Å². The zero-order valence-electron chi connectivity index (χ0n) is 49.4. The van der Waals surface area contributed by atoms with Crippen molar-refractivity contribution >= 4 is 65.2 Å². The zero-order valence-corrected chi connectivity index (χ0v) is 52.2. The van der Waals surface area contributed by atoms with Gasteiger partial charge in [0.15, 0.2) is 7.85 Å². The van der Waals surface area contributed by atoms with Crippen LogP contribution < -0.4 is 31.0 Å². The normalized spacial score (nSPS) is 19.3. The summed E-state index contributed by atoms with van der Waals surface area (Å²) in [5, 5.41) is 54.7. The van der Waals surface area contributed by atoms with E-state index < -0.39 is 11.9 Å². The van der Waals surface area contributed by atoms with E-state index in [2.05, 4.69) is 94.6 Å². The first kappa shape index (κ1) is 65.4. The predicted octanol–water partition coefficient (Wildman–Crippen LogP) is 12.0. The molecule has 2 aromatic heterocycles. The minimum atomic E-state index is -0.833. The van der Waals surface area contributed by atoms with Gasteiger partial charge in [0.2, 0.25) is 0 Å². The second-order valence-corrected chi connectivity index (χ2v) is 22.1. The number of hydrogen-bond acceptors (Lipinski definition) is 12. The molecule has 7 aromatic rings. The number of phenols is 1. The van der Waals surface area contributed by atoms with Gasteiger partial charge in [-0.2, -0.15) is 10.5 Å². The van der Waals surface area contributed by atoms with E-state index in [1.54, 1.807) is 53.1 Å². The van der Waals surface area contributed by atoms with E-state index in [1.807, 2.05) is 74.6 Å². The minimum Gasteiger partial charge on any atom is -0.507 e. The number of phenolic OH excluding ortho intramolecular Hbond substituents is 1. The van der Waals surface area contributed by atoms with Gasteiger partial charge < -0.3 is 46.2 Å². The van der Waals surface area contributed by atoms with Crippen LogP contribution in [0.1, 0.15) is 130 Å². The van der Waals surface area contributed by atoms with Crippen LogP contribution in [0.3, 0.4) is 0 Å². The number of aliphatic hydroxyl groups is 1. The van der Waals surface area contributed by atoms with Gasteiger partial charge in [0.1, 0.15) is 23.1 Å². The molecular weight excluding hydrogens is 1160 g/mol. The maximum atomic E-state index is 14.6. The number of nitriles is 2. The summed E-state index contributed by atoms with van der Waals surface area (Å²) in [5.74, 6) is 0.869. The number of fused-ring (bicyclic) bond motifs is 2. The van der Waals surface area contributed by atoms with Crippen LogP contribution in [0.5, 0.6) is 11.5 Å². The number of allylic oxidation sites excluding steroid dienone is 3. The maximum Gasteiger partial charge on any atom is 0.425 e. The average Bonchev–Trinajstić information content (AvgIpc) is 1.70. The van der Waals surface area contributed by atoms with Crippen LogP contribution in [0.25, 0.3) is 22.1 Å². The summed E-state index contributed by atoms with van der Waals surface area (Å²) in [7, 11) is 8.32. The van der Waals surface area contributed by atoms with Gasteiger partial charge in [-0.1, -0.05) is 85.8 Å². The number of anilines is 2. The number of piperidine rings is 2. The summed E-state index contributed by atoms with van der Waals surface area (Å²) in [6.45, 7) is 12.1. The van der Waals surface area contributed by atoms with Crippen LogP contribution in [-0.2, 0) is 39.1 Å². The number of benzene rings is 5. The maximum absolute atomic E-state index is 14.6. The van der Waals surface area contributed by atoms with E-state index in [0.717, 1.165) is 85.9 Å². The summed E-state index contributed by atoms with van der Waals surface area (Å²) >= 11 is 0. The van der Waals surface area contributed by atoms with Crippen molar-refractivity contribution in [2.45, 2.75) is 115 Å². The van der Waals surface area contributed by atoms with Crippen LogP contribution in [0.4, 0.5) is 25.8 Å². The SMILES string of the molecule is C=C(C)C1CCC(C)=CC1c1c(O)cc(CCCCC)cc1OC(=O)n1c([C@H]2C[C@H](NC(=O)Nc3ccc(C#N)cc3)CCN2C)nc2ccccc21.CN1CC[C@@H](NC(=O)Nc2ccc(C#N)cc2)C[C@@H]1c1nc2ccccc2[n-]1.[B]C(=N)O.[Y]. The summed E-state index contributed by atoms with van der Waals surface area (Å²) in [6, 6.07) is 35.8. The number of unbranched alkanes of at least 4 members (excludes halogenated alkanes) is 2. The standard InChI is InChI=1S/C43H50N6O4.C21H22N6O.CH2BNO.Y/c1-6-7-8-11-30-23-38(50)40(34-22-28(4)14-19-33(34)27(2)3)39(24-30)53-43(52)49-36-13-10-9-12-35(36)47-41(49)37-25-32(20-21-48(37)5)46-42(51)45-31-17-15-29(26-44)16-18-31;1-27-11-10-16(24-21(28)23-15-8-6-14(13-22)7-9-15)12-19(27)20-25-17-4-2-3-5-18(17)26-20;2-1(3)4;/h9-10,12-13,15-18,22-24,32-34,37,50H,2,6-8,11,14,19-21,25H2,1,3-5H3,(H2,45,46,51);2-9,16,19H,10-12H2,1H3,(H3,23,24,25,26,28);(H2,3,4);/p-1/t32-,33?,34?,37-;16-,19-;;/m11../s1. The second kappa shape index (κ2) is 30.8. The monoisotopic (exact) mass is 1230 g/mol. The number of urea groups is 2. The number of carbonyl (C=O) groups is 3. The van der Waals surface area contributed by atoms with Crippen molar-refractivity contribution in [1.29, 1.82) is 15.9 Å². The molecule has 4 amide bonds. The Hall–Kier alpha value is -8.13. The minimum absolute atomic E-state index is 0. The average molecular weight is 1230 g/mol. The third-order valence-corrected chi connectivity index (χ3v) is 15.8. The van der Waals surface area contributed by atoms with E-state index in [4.69, 9.17) is 30.8 Å². The number of likely N-dealkylation sites (tertiary alicyclic amines) is 2. The number of aromatic nitrogens is 4. The van der Waals surface area contributed by atoms with Gasteiger partial charge in [-0.25, -0.2) is 23.9 Å². The number of para-hydroxylation sites is 4. The van der Waals surface area contributed by atoms with Gasteiger partial charge in [-0.15, -0.1) is 0 Å². The van der Waals surface area contributed by atoms with Crippen molar-refractivity contribution in [2.75, 3.05) is 37.8 Å². The summed E-state index contributed by atoms with van der Waals surface area (Å²) in [5.41, 5.74) is 9.18. The fourth-order valence-electron chi connectivity index (χ4n) is 11.4. The van der Waals surface area contributed by atoms with E-state index in [0.29, 0.717) is 70.1 Å². The molecule has 86 heavy (non-hydrogen) atoms. The molecule has 2 unspecified atom stereocenters. The molecule has 21 heteroatoms. The number of aromatic hydroxyl groups is 1. The number of amides is 4. The molecule has 2 saturated heterocycles. The Morgan fingerprint density at radius 1 is 0.814 bits per heavy atom. The molecule has 4 heterocycles. The molecule has 0 spiro atoms. The van der Waals surface area contributed by atoms with Crippen molar-refractivity contribution in [3.8, 4) is 23.6 Å². The van der Waals surface area contributed by atoms with Gasteiger partial charge in [0, 0.05) is 86.8 Å². The van der Waals surface area contributed by atoms with Crippen LogP contribution >= 0.6 is 0 Å². The van der Waals surface area contributed by atoms with Crippen LogP contribution in [0.15, 0.2) is 133 Å². The molecular formula is C65H73BN13O6Y-. The number of nitrogens with one attached hydrogen (secondary N) is 5. The topological polar surface area (TPSA) is 272 Å². The van der Waals surface area contributed by atoms with Crippen LogP contribution in [0, 0.1) is 34.0 Å². The molecule has 0 bridgehead atoms. The molecule has 5 aromatic carbocycles. The summed E-state index contributed by atoms with van der Waals surface area (Å²) in [4.78, 5) is 58.8. The first-order valence-corrected chi connectivity index (χ1v) is 28.8. The number of nitrogens with zero attached hydrogens (tertiary/aromatic N) is 8.